The van der Waals surface area contributed by atoms with Crippen molar-refractivity contribution < 1.29 is 14.3 Å². The van der Waals surface area contributed by atoms with E-state index in [1.54, 1.807) is 21.4 Å². The Bertz CT molecular complexity index is 1340. The van der Waals surface area contributed by atoms with Gasteiger partial charge in [0, 0.05) is 18.4 Å². The lowest BCUT2D eigenvalue weighted by atomic mass is 10.1. The van der Waals surface area contributed by atoms with Gasteiger partial charge in [-0.25, -0.2) is 14.3 Å². The molecule has 0 saturated heterocycles. The highest BCUT2D eigenvalue weighted by Crippen LogP contribution is 2.22. The van der Waals surface area contributed by atoms with Crippen LogP contribution >= 0.6 is 0 Å². The van der Waals surface area contributed by atoms with E-state index in [1.165, 1.54) is 11.1 Å². The normalized spacial score (nSPS) is 11.3. The minimum atomic E-state index is -1.07. The van der Waals surface area contributed by atoms with E-state index in [2.05, 4.69) is 31.1 Å². The highest BCUT2D eigenvalue weighted by Gasteiger charge is 2.14. The van der Waals surface area contributed by atoms with Crippen molar-refractivity contribution in [3.05, 3.63) is 86.8 Å². The molecule has 4 rings (SSSR count). The van der Waals surface area contributed by atoms with Gasteiger partial charge in [-0.2, -0.15) is 5.10 Å². The Kier molecular flexibility index (Phi) is 5.99. The summed E-state index contributed by atoms with van der Waals surface area (Å²) in [6, 6.07) is 13.5. The zero-order valence-corrected chi connectivity index (χ0v) is 18.6. The molecule has 2 heterocycles. The van der Waals surface area contributed by atoms with Crippen molar-refractivity contribution in [2.75, 3.05) is 0 Å². The first-order valence-corrected chi connectivity index (χ1v) is 10.8. The van der Waals surface area contributed by atoms with E-state index in [0.717, 1.165) is 35.2 Å². The van der Waals surface area contributed by atoms with Crippen LogP contribution in [-0.2, 0) is 25.9 Å². The molecule has 0 saturated carbocycles. The molecule has 0 fully saturated rings. The lowest BCUT2D eigenvalue weighted by Gasteiger charge is -2.04. The number of rotatable bonds is 8. The number of aromatic carboxylic acids is 1. The molecule has 7 nitrogen and oxygen atoms in total. The Labute approximate surface area is 185 Å². The van der Waals surface area contributed by atoms with Gasteiger partial charge in [0.15, 0.2) is 0 Å². The topological polar surface area (TPSA) is 90.3 Å². The van der Waals surface area contributed by atoms with Crippen LogP contribution in [0.2, 0.25) is 0 Å². The molecule has 2 aromatic carbocycles. The monoisotopic (exact) mass is 433 g/mol. The van der Waals surface area contributed by atoms with E-state index in [1.807, 2.05) is 25.1 Å². The van der Waals surface area contributed by atoms with E-state index < -0.39 is 5.97 Å². The van der Waals surface area contributed by atoms with E-state index >= 15 is 0 Å². The number of hydrogen-bond acceptors (Lipinski definition) is 4. The quantitative estimate of drug-likeness (QED) is 0.446. The smallest absolute Gasteiger partial charge is 0.371 e. The molecule has 0 atom stereocenters. The van der Waals surface area contributed by atoms with E-state index in [9.17, 15) is 9.59 Å². The molecule has 0 radical (unpaired) electrons. The SMILES string of the molecule is CCn1c(CCCc2ccc3oc(C(=O)O)cc3c2)nn(Cc2ccc(C)c(C)c2)c1=O. The van der Waals surface area contributed by atoms with Crippen LogP contribution in [-0.4, -0.2) is 25.4 Å². The minimum Gasteiger partial charge on any atom is -0.475 e. The summed E-state index contributed by atoms with van der Waals surface area (Å²) in [7, 11) is 0. The van der Waals surface area contributed by atoms with Crippen molar-refractivity contribution in [3.63, 3.8) is 0 Å². The summed E-state index contributed by atoms with van der Waals surface area (Å²) in [5.41, 5.74) is 5.08. The van der Waals surface area contributed by atoms with Crippen LogP contribution in [0.15, 0.2) is 51.7 Å². The molecule has 0 aliphatic carbocycles. The highest BCUT2D eigenvalue weighted by molar-refractivity contribution is 5.91. The number of hydrogen-bond donors (Lipinski definition) is 1. The number of aromatic nitrogens is 3. The van der Waals surface area contributed by atoms with Crippen LogP contribution in [0.4, 0.5) is 0 Å². The first-order valence-electron chi connectivity index (χ1n) is 10.8. The van der Waals surface area contributed by atoms with Crippen LogP contribution in [0.25, 0.3) is 11.0 Å². The number of benzene rings is 2. The first kappa shape index (κ1) is 21.6. The molecule has 4 aromatic rings. The third-order valence-electron chi connectivity index (χ3n) is 5.88. The lowest BCUT2D eigenvalue weighted by Crippen LogP contribution is -2.25. The molecule has 7 heteroatoms. The number of furan rings is 1. The van der Waals surface area contributed by atoms with Crippen molar-refractivity contribution in [2.45, 2.75) is 53.1 Å². The molecule has 0 amide bonds. The van der Waals surface area contributed by atoms with Gasteiger partial charge in [-0.05, 0) is 74.1 Å². The van der Waals surface area contributed by atoms with Crippen molar-refractivity contribution in [3.8, 4) is 0 Å². The van der Waals surface area contributed by atoms with Crippen molar-refractivity contribution in [2.24, 2.45) is 0 Å². The number of carbonyl (C=O) groups is 1. The average Bonchev–Trinajstić information content (AvgIpc) is 3.31. The molecule has 166 valence electrons. The standard InChI is InChI=1S/C25H27N3O4/c1-4-27-23(26-28(25(27)31)15-19-9-8-16(2)17(3)12-19)7-5-6-18-10-11-21-20(13-18)14-22(32-21)24(29)30/h8-14H,4-7,15H2,1-3H3,(H,29,30). The van der Waals surface area contributed by atoms with Crippen LogP contribution in [0.3, 0.4) is 0 Å². The molecule has 0 unspecified atom stereocenters. The van der Waals surface area contributed by atoms with E-state index in [0.29, 0.717) is 25.1 Å². The van der Waals surface area contributed by atoms with Gasteiger partial charge in [0.05, 0.1) is 6.54 Å². The lowest BCUT2D eigenvalue weighted by molar-refractivity contribution is 0.0665. The fourth-order valence-corrected chi connectivity index (χ4v) is 3.97. The summed E-state index contributed by atoms with van der Waals surface area (Å²) < 4.78 is 8.60. The van der Waals surface area contributed by atoms with Gasteiger partial charge in [0.1, 0.15) is 11.4 Å². The van der Waals surface area contributed by atoms with Gasteiger partial charge in [-0.1, -0.05) is 24.3 Å². The Morgan fingerprint density at radius 2 is 1.81 bits per heavy atom. The first-order chi connectivity index (χ1) is 15.4. The number of carboxylic acids is 1. The maximum absolute atomic E-state index is 12.8. The predicted molar refractivity (Wildman–Crippen MR) is 122 cm³/mol. The van der Waals surface area contributed by atoms with Crippen LogP contribution in [0, 0.1) is 13.8 Å². The summed E-state index contributed by atoms with van der Waals surface area (Å²) in [4.78, 5) is 23.9. The van der Waals surface area contributed by atoms with Gasteiger partial charge in [-0.3, -0.25) is 4.57 Å². The van der Waals surface area contributed by atoms with Gasteiger partial charge in [0.2, 0.25) is 5.76 Å². The maximum atomic E-state index is 12.8. The Balaban J connectivity index is 1.46. The average molecular weight is 434 g/mol. The van der Waals surface area contributed by atoms with Gasteiger partial charge < -0.3 is 9.52 Å². The largest absolute Gasteiger partial charge is 0.475 e. The Morgan fingerprint density at radius 3 is 2.53 bits per heavy atom. The van der Waals surface area contributed by atoms with Crippen molar-refractivity contribution >= 4 is 16.9 Å². The fourth-order valence-electron chi connectivity index (χ4n) is 3.97. The van der Waals surface area contributed by atoms with Gasteiger partial charge >= 0.3 is 11.7 Å². The summed E-state index contributed by atoms with van der Waals surface area (Å²) in [5, 5.41) is 14.5. The van der Waals surface area contributed by atoms with Crippen LogP contribution < -0.4 is 5.69 Å². The molecular formula is C25H27N3O4. The molecule has 1 N–H and O–H groups in total. The van der Waals surface area contributed by atoms with Crippen LogP contribution in [0.1, 0.15) is 52.0 Å². The van der Waals surface area contributed by atoms with Crippen LogP contribution in [0.5, 0.6) is 0 Å². The minimum absolute atomic E-state index is 0.0570. The van der Waals surface area contributed by atoms with Crippen molar-refractivity contribution in [1.82, 2.24) is 14.3 Å². The number of carboxylic acid groups (broad SMARTS) is 1. The Hall–Kier alpha value is -3.61. The summed E-state index contributed by atoms with van der Waals surface area (Å²) in [6.07, 6.45) is 2.31. The zero-order valence-electron chi connectivity index (χ0n) is 18.6. The van der Waals surface area contributed by atoms with E-state index in [4.69, 9.17) is 9.52 Å². The molecular weight excluding hydrogens is 406 g/mol. The molecule has 0 bridgehead atoms. The maximum Gasteiger partial charge on any atom is 0.371 e. The van der Waals surface area contributed by atoms with Gasteiger partial charge in [0.25, 0.3) is 0 Å². The highest BCUT2D eigenvalue weighted by atomic mass is 16.4. The second kappa shape index (κ2) is 8.86. The number of nitrogens with zero attached hydrogens (tertiary/aromatic N) is 3. The third-order valence-corrected chi connectivity index (χ3v) is 5.88. The summed E-state index contributed by atoms with van der Waals surface area (Å²) in [5.74, 6) is -0.339. The third kappa shape index (κ3) is 4.37. The second-order valence-corrected chi connectivity index (χ2v) is 8.16. The zero-order chi connectivity index (χ0) is 22.8. The van der Waals surface area contributed by atoms with Crippen molar-refractivity contribution in [1.29, 1.82) is 0 Å². The molecule has 2 aromatic heterocycles. The molecule has 32 heavy (non-hydrogen) atoms. The molecule has 0 aliphatic heterocycles. The van der Waals surface area contributed by atoms with Gasteiger partial charge in [-0.15, -0.1) is 0 Å². The number of aryl methyl sites for hydroxylation is 4. The Morgan fingerprint density at radius 1 is 1.03 bits per heavy atom. The fraction of sp³-hybridized carbons (Fsp3) is 0.320. The summed E-state index contributed by atoms with van der Waals surface area (Å²) in [6.45, 7) is 7.15. The molecule has 0 aliphatic rings. The molecule has 0 spiro atoms. The van der Waals surface area contributed by atoms with E-state index in [-0.39, 0.29) is 11.4 Å². The predicted octanol–water partition coefficient (Wildman–Crippen LogP) is 4.35. The second-order valence-electron chi connectivity index (χ2n) is 8.16. The summed E-state index contributed by atoms with van der Waals surface area (Å²) >= 11 is 0. The number of fused-ring (bicyclic) bond motifs is 1.